The van der Waals surface area contributed by atoms with Gasteiger partial charge in [0.1, 0.15) is 6.61 Å². The van der Waals surface area contributed by atoms with E-state index in [1.54, 1.807) is 0 Å². The average molecular weight is 289 g/mol. The fourth-order valence-electron chi connectivity index (χ4n) is 3.46. The van der Waals surface area contributed by atoms with Gasteiger partial charge in [-0.3, -0.25) is 4.79 Å². The maximum absolute atomic E-state index is 12.9. The van der Waals surface area contributed by atoms with E-state index in [9.17, 15) is 23.5 Å². The minimum atomic E-state index is -2.67. The van der Waals surface area contributed by atoms with E-state index in [2.05, 4.69) is 16.6 Å². The Labute approximate surface area is 115 Å². The van der Waals surface area contributed by atoms with Gasteiger partial charge in [-0.2, -0.15) is 0 Å². The molecular weight excluding hydrogens is 272 g/mol. The lowest BCUT2D eigenvalue weighted by Crippen LogP contribution is -2.63. The van der Waals surface area contributed by atoms with Crippen molar-refractivity contribution in [3.8, 4) is 0 Å². The SMILES string of the molecule is C=CCOC(=O)NCC1(C(=O)O)CC2(CC(F)(F)C2)C1. The molecule has 0 aromatic rings. The first-order valence-corrected chi connectivity index (χ1v) is 6.35. The summed E-state index contributed by atoms with van der Waals surface area (Å²) in [4.78, 5) is 22.6. The number of halogens is 2. The van der Waals surface area contributed by atoms with Crippen LogP contribution in [0.15, 0.2) is 12.7 Å². The highest BCUT2D eigenvalue weighted by atomic mass is 19.3. The molecule has 2 N–H and O–H groups in total. The lowest BCUT2D eigenvalue weighted by molar-refractivity contribution is -0.234. The first-order valence-electron chi connectivity index (χ1n) is 6.35. The zero-order chi connectivity index (χ0) is 15.0. The number of carbonyl (C=O) groups excluding carboxylic acids is 1. The van der Waals surface area contributed by atoms with Crippen molar-refractivity contribution in [2.45, 2.75) is 31.6 Å². The lowest BCUT2D eigenvalue weighted by Gasteiger charge is -2.61. The number of ether oxygens (including phenoxy) is 1. The minimum Gasteiger partial charge on any atom is -0.481 e. The molecule has 0 aromatic carbocycles. The summed E-state index contributed by atoms with van der Waals surface area (Å²) in [6, 6.07) is 0. The molecule has 1 spiro atoms. The molecule has 2 aliphatic rings. The first kappa shape index (κ1) is 14.7. The van der Waals surface area contributed by atoms with Crippen molar-refractivity contribution in [1.29, 1.82) is 0 Å². The molecule has 7 heteroatoms. The van der Waals surface area contributed by atoms with E-state index in [-0.39, 0.29) is 38.8 Å². The van der Waals surface area contributed by atoms with E-state index in [0.29, 0.717) is 0 Å². The van der Waals surface area contributed by atoms with Crippen LogP contribution in [0.1, 0.15) is 25.7 Å². The van der Waals surface area contributed by atoms with Crippen LogP contribution in [0, 0.1) is 10.8 Å². The van der Waals surface area contributed by atoms with Crippen LogP contribution in [0.4, 0.5) is 13.6 Å². The Bertz CT molecular complexity index is 434. The normalized spacial score (nSPS) is 24.1. The zero-order valence-corrected chi connectivity index (χ0v) is 11.0. The van der Waals surface area contributed by atoms with Crippen LogP contribution in [0.5, 0.6) is 0 Å². The maximum atomic E-state index is 12.9. The summed E-state index contributed by atoms with van der Waals surface area (Å²) in [5.74, 6) is -3.73. The Morgan fingerprint density at radius 2 is 1.90 bits per heavy atom. The number of hydrogen-bond acceptors (Lipinski definition) is 3. The summed E-state index contributed by atoms with van der Waals surface area (Å²) in [7, 11) is 0. The smallest absolute Gasteiger partial charge is 0.407 e. The first-order chi connectivity index (χ1) is 9.23. The molecule has 0 saturated heterocycles. The van der Waals surface area contributed by atoms with Gasteiger partial charge >= 0.3 is 12.1 Å². The number of alkyl halides is 2. The molecule has 5 nitrogen and oxygen atoms in total. The number of rotatable bonds is 5. The molecule has 2 rings (SSSR count). The molecular formula is C13H17F2NO4. The second kappa shape index (κ2) is 4.71. The van der Waals surface area contributed by atoms with Crippen molar-refractivity contribution in [3.63, 3.8) is 0 Å². The highest BCUT2D eigenvalue weighted by Gasteiger charge is 2.68. The topological polar surface area (TPSA) is 75.6 Å². The number of alkyl carbamates (subject to hydrolysis) is 1. The van der Waals surface area contributed by atoms with E-state index < -0.39 is 28.8 Å². The van der Waals surface area contributed by atoms with Gasteiger partial charge in [0.05, 0.1) is 5.41 Å². The molecule has 0 aliphatic heterocycles. The van der Waals surface area contributed by atoms with Gasteiger partial charge in [0.15, 0.2) is 0 Å². The second-order valence-corrected chi connectivity index (χ2v) is 5.89. The van der Waals surface area contributed by atoms with E-state index in [4.69, 9.17) is 0 Å². The Morgan fingerprint density at radius 3 is 2.35 bits per heavy atom. The summed E-state index contributed by atoms with van der Waals surface area (Å²) in [6.07, 6.45) is 0.498. The minimum absolute atomic E-state index is 0.0298. The van der Waals surface area contributed by atoms with Crippen LogP contribution in [-0.2, 0) is 9.53 Å². The van der Waals surface area contributed by atoms with Gasteiger partial charge in [-0.05, 0) is 18.3 Å². The van der Waals surface area contributed by atoms with Crippen molar-refractivity contribution in [3.05, 3.63) is 12.7 Å². The summed E-state index contributed by atoms with van der Waals surface area (Å²) in [5.41, 5.74) is -1.71. The summed E-state index contributed by atoms with van der Waals surface area (Å²) >= 11 is 0. The Balaban J connectivity index is 1.86. The number of amides is 1. The maximum Gasteiger partial charge on any atom is 0.407 e. The van der Waals surface area contributed by atoms with Gasteiger partial charge in [0, 0.05) is 19.4 Å². The molecule has 0 radical (unpaired) electrons. The van der Waals surface area contributed by atoms with E-state index in [1.807, 2.05) is 0 Å². The van der Waals surface area contributed by atoms with Crippen molar-refractivity contribution in [2.24, 2.45) is 10.8 Å². The third-order valence-electron chi connectivity index (χ3n) is 4.05. The molecule has 2 saturated carbocycles. The molecule has 0 unspecified atom stereocenters. The highest BCUT2D eigenvalue weighted by molar-refractivity contribution is 5.78. The highest BCUT2D eigenvalue weighted by Crippen LogP contribution is 2.68. The lowest BCUT2D eigenvalue weighted by atomic mass is 9.44. The predicted octanol–water partition coefficient (Wildman–Crippen LogP) is 2.18. The molecule has 2 aliphatic carbocycles. The Hall–Kier alpha value is -1.66. The molecule has 20 heavy (non-hydrogen) atoms. The monoisotopic (exact) mass is 289 g/mol. The number of hydrogen-bond donors (Lipinski definition) is 2. The third-order valence-corrected chi connectivity index (χ3v) is 4.05. The van der Waals surface area contributed by atoms with Gasteiger partial charge < -0.3 is 15.2 Å². The molecule has 0 bridgehead atoms. The number of aliphatic carboxylic acids is 1. The molecule has 1 amide bonds. The van der Waals surface area contributed by atoms with Gasteiger partial charge in [-0.1, -0.05) is 12.7 Å². The summed E-state index contributed by atoms with van der Waals surface area (Å²) < 4.78 is 30.5. The largest absolute Gasteiger partial charge is 0.481 e. The fourth-order valence-corrected chi connectivity index (χ4v) is 3.46. The van der Waals surface area contributed by atoms with Crippen molar-refractivity contribution in [1.82, 2.24) is 5.32 Å². The quantitative estimate of drug-likeness (QED) is 0.761. The van der Waals surface area contributed by atoms with Crippen LogP contribution >= 0.6 is 0 Å². The van der Waals surface area contributed by atoms with Crippen LogP contribution in [0.25, 0.3) is 0 Å². The van der Waals surface area contributed by atoms with E-state index >= 15 is 0 Å². The summed E-state index contributed by atoms with van der Waals surface area (Å²) in [6.45, 7) is 3.30. The third kappa shape index (κ3) is 2.62. The second-order valence-electron chi connectivity index (χ2n) is 5.89. The van der Waals surface area contributed by atoms with Gasteiger partial charge in [-0.15, -0.1) is 0 Å². The van der Waals surface area contributed by atoms with Crippen molar-refractivity contribution < 1.29 is 28.2 Å². The number of carbonyl (C=O) groups is 2. The van der Waals surface area contributed by atoms with E-state index in [0.717, 1.165) is 0 Å². The molecule has 112 valence electrons. The Morgan fingerprint density at radius 1 is 1.30 bits per heavy atom. The average Bonchev–Trinajstić information content (AvgIpc) is 2.27. The van der Waals surface area contributed by atoms with Crippen LogP contribution < -0.4 is 5.32 Å². The van der Waals surface area contributed by atoms with Crippen molar-refractivity contribution >= 4 is 12.1 Å². The van der Waals surface area contributed by atoms with Gasteiger partial charge in [0.25, 0.3) is 0 Å². The molecule has 2 fully saturated rings. The van der Waals surface area contributed by atoms with Crippen LogP contribution in [0.3, 0.4) is 0 Å². The van der Waals surface area contributed by atoms with Gasteiger partial charge in [-0.25, -0.2) is 13.6 Å². The van der Waals surface area contributed by atoms with Crippen molar-refractivity contribution in [2.75, 3.05) is 13.2 Å². The molecule has 0 atom stereocenters. The number of carboxylic acid groups (broad SMARTS) is 1. The standard InChI is InChI=1S/C13H17F2NO4/c1-2-3-20-10(19)16-8-12(9(17)18)4-11(5-12)6-13(14,15)7-11/h2H,1,3-8H2,(H,16,19)(H,17,18). The predicted molar refractivity (Wildman–Crippen MR) is 65.5 cm³/mol. The van der Waals surface area contributed by atoms with Crippen LogP contribution in [0.2, 0.25) is 0 Å². The summed E-state index contributed by atoms with van der Waals surface area (Å²) in [5, 5.41) is 11.6. The Kier molecular flexibility index (Phi) is 3.47. The zero-order valence-electron chi connectivity index (χ0n) is 11.0. The number of carboxylic acids is 1. The van der Waals surface area contributed by atoms with E-state index in [1.165, 1.54) is 6.08 Å². The van der Waals surface area contributed by atoms with Gasteiger partial charge in [0.2, 0.25) is 5.92 Å². The van der Waals surface area contributed by atoms with Crippen LogP contribution in [-0.4, -0.2) is 36.2 Å². The number of nitrogens with one attached hydrogen (secondary N) is 1. The molecule has 0 aromatic heterocycles. The molecule has 0 heterocycles. The fraction of sp³-hybridized carbons (Fsp3) is 0.692.